The van der Waals surface area contributed by atoms with Gasteiger partial charge in [0.15, 0.2) is 0 Å². The quantitative estimate of drug-likeness (QED) is 0.862. The van der Waals surface area contributed by atoms with E-state index in [0.29, 0.717) is 18.8 Å². The molecule has 5 nitrogen and oxygen atoms in total. The Kier molecular flexibility index (Phi) is 6.34. The molecule has 0 bridgehead atoms. The second-order valence-electron chi connectivity index (χ2n) is 6.62. The van der Waals surface area contributed by atoms with E-state index in [4.69, 9.17) is 10.5 Å². The molecule has 0 radical (unpaired) electrons. The number of sulfonamides is 1. The molecule has 0 spiro atoms. The summed E-state index contributed by atoms with van der Waals surface area (Å²) >= 11 is 0. The summed E-state index contributed by atoms with van der Waals surface area (Å²) in [6.45, 7) is 4.42. The van der Waals surface area contributed by atoms with Gasteiger partial charge in [0.1, 0.15) is 10.6 Å². The number of nitrogens with two attached hydrogens (primary N) is 1. The summed E-state index contributed by atoms with van der Waals surface area (Å²) in [6, 6.07) is 13.2. The van der Waals surface area contributed by atoms with E-state index in [9.17, 15) is 8.42 Å². The van der Waals surface area contributed by atoms with Gasteiger partial charge >= 0.3 is 0 Å². The topological polar surface area (TPSA) is 72.6 Å². The van der Waals surface area contributed by atoms with Gasteiger partial charge in [-0.3, -0.25) is 0 Å². The largest absolute Gasteiger partial charge is 0.495 e. The first-order chi connectivity index (χ1) is 11.8. The summed E-state index contributed by atoms with van der Waals surface area (Å²) in [5.41, 5.74) is 9.04. The van der Waals surface area contributed by atoms with Gasteiger partial charge in [-0.25, -0.2) is 8.42 Å². The van der Waals surface area contributed by atoms with Crippen molar-refractivity contribution >= 4 is 22.4 Å². The van der Waals surface area contributed by atoms with E-state index in [-0.39, 0.29) is 29.3 Å². The fourth-order valence-electron chi connectivity index (χ4n) is 3.55. The van der Waals surface area contributed by atoms with Crippen LogP contribution in [-0.2, 0) is 10.0 Å². The van der Waals surface area contributed by atoms with Crippen LogP contribution < -0.4 is 10.5 Å². The van der Waals surface area contributed by atoms with Crippen molar-refractivity contribution in [2.24, 2.45) is 5.73 Å². The summed E-state index contributed by atoms with van der Waals surface area (Å²) < 4.78 is 33.3. The highest BCUT2D eigenvalue weighted by Gasteiger charge is 2.39. The number of halogens is 1. The van der Waals surface area contributed by atoms with Gasteiger partial charge in [-0.05, 0) is 36.6 Å². The normalized spacial score (nSPS) is 20.6. The fraction of sp³-hybridized carbons (Fsp3) is 0.368. The summed E-state index contributed by atoms with van der Waals surface area (Å²) in [4.78, 5) is 0.216. The average molecular weight is 397 g/mol. The smallest absolute Gasteiger partial charge is 0.246 e. The number of hydrogen-bond donors (Lipinski definition) is 1. The van der Waals surface area contributed by atoms with Crippen molar-refractivity contribution in [2.45, 2.75) is 30.7 Å². The van der Waals surface area contributed by atoms with Crippen molar-refractivity contribution < 1.29 is 13.2 Å². The molecule has 26 heavy (non-hydrogen) atoms. The van der Waals surface area contributed by atoms with Gasteiger partial charge < -0.3 is 10.5 Å². The third-order valence-corrected chi connectivity index (χ3v) is 6.60. The van der Waals surface area contributed by atoms with E-state index < -0.39 is 10.0 Å². The monoisotopic (exact) mass is 396 g/mol. The van der Waals surface area contributed by atoms with Crippen molar-refractivity contribution in [3.05, 3.63) is 59.2 Å². The maximum absolute atomic E-state index is 13.2. The van der Waals surface area contributed by atoms with Gasteiger partial charge in [0.05, 0.1) is 7.11 Å². The predicted octanol–water partition coefficient (Wildman–Crippen LogP) is 2.85. The highest BCUT2D eigenvalue weighted by atomic mass is 35.5. The van der Waals surface area contributed by atoms with Gasteiger partial charge in [-0.2, -0.15) is 4.31 Å². The van der Waals surface area contributed by atoms with Crippen LogP contribution in [0.4, 0.5) is 0 Å². The van der Waals surface area contributed by atoms with Crippen LogP contribution in [0.25, 0.3) is 0 Å². The molecule has 0 aromatic heterocycles. The molecule has 1 saturated heterocycles. The first-order valence-electron chi connectivity index (χ1n) is 8.30. The van der Waals surface area contributed by atoms with E-state index in [1.807, 2.05) is 50.2 Å². The maximum atomic E-state index is 13.2. The predicted molar refractivity (Wildman–Crippen MR) is 106 cm³/mol. The molecular formula is C19H25ClN2O3S. The molecule has 1 aliphatic heterocycles. The fourth-order valence-corrected chi connectivity index (χ4v) is 5.37. The third kappa shape index (κ3) is 3.74. The number of nitrogens with zero attached hydrogens (tertiary/aromatic N) is 1. The van der Waals surface area contributed by atoms with Crippen molar-refractivity contribution in [1.29, 1.82) is 0 Å². The Bertz CT molecular complexity index is 872. The Balaban J connectivity index is 0.00000243. The van der Waals surface area contributed by atoms with Gasteiger partial charge in [0, 0.05) is 25.0 Å². The van der Waals surface area contributed by atoms with Crippen LogP contribution in [0.3, 0.4) is 0 Å². The molecule has 1 aliphatic rings. The number of ether oxygens (including phenoxy) is 1. The minimum atomic E-state index is -3.67. The van der Waals surface area contributed by atoms with Crippen molar-refractivity contribution in [3.8, 4) is 5.75 Å². The van der Waals surface area contributed by atoms with Crippen molar-refractivity contribution in [1.82, 2.24) is 4.31 Å². The number of methoxy groups -OCH3 is 1. The summed E-state index contributed by atoms with van der Waals surface area (Å²) in [5, 5.41) is 0. The average Bonchev–Trinajstić information content (AvgIpc) is 2.97. The first-order valence-corrected chi connectivity index (χ1v) is 9.74. The third-order valence-electron chi connectivity index (χ3n) is 4.77. The molecule has 1 heterocycles. The zero-order valence-corrected chi connectivity index (χ0v) is 16.8. The van der Waals surface area contributed by atoms with Gasteiger partial charge in [-0.1, -0.05) is 36.4 Å². The summed E-state index contributed by atoms with van der Waals surface area (Å²) in [6.07, 6.45) is 0. The highest BCUT2D eigenvalue weighted by molar-refractivity contribution is 7.89. The van der Waals surface area contributed by atoms with Crippen LogP contribution >= 0.6 is 12.4 Å². The Labute approximate surface area is 161 Å². The van der Waals surface area contributed by atoms with E-state index in [0.717, 1.165) is 16.7 Å². The minimum Gasteiger partial charge on any atom is -0.495 e. The lowest BCUT2D eigenvalue weighted by Crippen LogP contribution is -2.32. The molecule has 2 aromatic carbocycles. The lowest BCUT2D eigenvalue weighted by atomic mass is 9.95. The van der Waals surface area contributed by atoms with Crippen LogP contribution in [-0.4, -0.2) is 39.0 Å². The van der Waals surface area contributed by atoms with Crippen LogP contribution in [0.2, 0.25) is 0 Å². The Morgan fingerprint density at radius 2 is 1.77 bits per heavy atom. The van der Waals surface area contributed by atoms with Crippen molar-refractivity contribution in [2.75, 3.05) is 20.2 Å². The highest BCUT2D eigenvalue weighted by Crippen LogP contribution is 2.35. The zero-order valence-electron chi connectivity index (χ0n) is 15.2. The number of hydrogen-bond acceptors (Lipinski definition) is 4. The zero-order chi connectivity index (χ0) is 18.2. The van der Waals surface area contributed by atoms with Crippen LogP contribution in [0.5, 0.6) is 5.75 Å². The second kappa shape index (κ2) is 7.96. The van der Waals surface area contributed by atoms with E-state index in [1.165, 1.54) is 11.4 Å². The molecule has 3 rings (SSSR count). The molecular weight excluding hydrogens is 372 g/mol. The lowest BCUT2D eigenvalue weighted by molar-refractivity contribution is 0.394. The van der Waals surface area contributed by atoms with Crippen molar-refractivity contribution in [3.63, 3.8) is 0 Å². The molecule has 2 aromatic rings. The molecule has 2 atom stereocenters. The summed E-state index contributed by atoms with van der Waals surface area (Å²) in [5.74, 6) is 0.398. The molecule has 2 N–H and O–H groups in total. The maximum Gasteiger partial charge on any atom is 0.246 e. The molecule has 0 unspecified atom stereocenters. The molecule has 0 aliphatic carbocycles. The Morgan fingerprint density at radius 1 is 1.12 bits per heavy atom. The SMILES string of the molecule is COc1c(C)cc(C)cc1S(=O)(=O)N1C[C@@H](N)[C@H](c2ccccc2)C1.Cl. The molecule has 0 saturated carbocycles. The minimum absolute atomic E-state index is 0. The van der Waals surface area contributed by atoms with E-state index in [2.05, 4.69) is 0 Å². The van der Waals surface area contributed by atoms with Crippen LogP contribution in [0.1, 0.15) is 22.6 Å². The van der Waals surface area contributed by atoms with Crippen LogP contribution in [0, 0.1) is 13.8 Å². The van der Waals surface area contributed by atoms with Gasteiger partial charge in [0.25, 0.3) is 0 Å². The number of rotatable bonds is 4. The second-order valence-corrected chi connectivity index (χ2v) is 8.52. The number of benzene rings is 2. The molecule has 7 heteroatoms. The Hall–Kier alpha value is -1.60. The van der Waals surface area contributed by atoms with Crippen LogP contribution in [0.15, 0.2) is 47.4 Å². The van der Waals surface area contributed by atoms with E-state index in [1.54, 1.807) is 6.07 Å². The number of aryl methyl sites for hydroxylation is 2. The van der Waals surface area contributed by atoms with Gasteiger partial charge in [-0.15, -0.1) is 12.4 Å². The first kappa shape index (κ1) is 20.7. The Morgan fingerprint density at radius 3 is 2.38 bits per heavy atom. The molecule has 0 amide bonds. The summed E-state index contributed by atoms with van der Waals surface area (Å²) in [7, 11) is -2.17. The standard InChI is InChI=1S/C19H24N2O3S.ClH/c1-13-9-14(2)19(24-3)18(10-13)25(22,23)21-11-16(17(20)12-21)15-7-5-4-6-8-15;/h4-10,16-17H,11-12,20H2,1-3H3;1H/t16-,17+;/m0./s1. The van der Waals surface area contributed by atoms with E-state index >= 15 is 0 Å². The lowest BCUT2D eigenvalue weighted by Gasteiger charge is -2.20. The van der Waals surface area contributed by atoms with Gasteiger partial charge in [0.2, 0.25) is 10.0 Å². The molecule has 142 valence electrons. The molecule has 1 fully saturated rings.